The highest BCUT2D eigenvalue weighted by Gasteiger charge is 2.30. The zero-order chi connectivity index (χ0) is 27.0. The van der Waals surface area contributed by atoms with Crippen molar-refractivity contribution in [2.45, 2.75) is 38.0 Å². The van der Waals surface area contributed by atoms with E-state index in [1.165, 1.54) is 0 Å². The van der Waals surface area contributed by atoms with E-state index >= 15 is 0 Å². The van der Waals surface area contributed by atoms with Gasteiger partial charge in [0.25, 0.3) is 0 Å². The molecular weight excluding hydrogens is 510 g/mol. The first-order valence-corrected chi connectivity index (χ1v) is 14.8. The topological polar surface area (TPSA) is 97.1 Å². The van der Waals surface area contributed by atoms with Crippen LogP contribution in [0.4, 0.5) is 5.82 Å². The number of sulfonamides is 1. The van der Waals surface area contributed by atoms with E-state index in [2.05, 4.69) is 16.8 Å². The van der Waals surface area contributed by atoms with Gasteiger partial charge in [0, 0.05) is 44.2 Å². The minimum Gasteiger partial charge on any atom is -0.355 e. The molecule has 0 amide bonds. The zero-order valence-electron chi connectivity index (χ0n) is 22.2. The van der Waals surface area contributed by atoms with E-state index in [9.17, 15) is 8.42 Å². The smallest absolute Gasteiger partial charge is 0.245 e. The molecule has 0 N–H and O–H groups in total. The van der Waals surface area contributed by atoms with Crippen LogP contribution in [0.5, 0.6) is 0 Å². The van der Waals surface area contributed by atoms with E-state index < -0.39 is 10.0 Å². The number of aromatic nitrogens is 5. The molecule has 0 bridgehead atoms. The van der Waals surface area contributed by atoms with Crippen molar-refractivity contribution >= 4 is 37.8 Å². The van der Waals surface area contributed by atoms with Crippen molar-refractivity contribution in [1.29, 1.82) is 0 Å². The molecule has 0 aliphatic carbocycles. The third-order valence-electron chi connectivity index (χ3n) is 7.17. The van der Waals surface area contributed by atoms with Gasteiger partial charge < -0.3 is 4.90 Å². The van der Waals surface area contributed by atoms with Gasteiger partial charge in [0.05, 0.1) is 22.3 Å². The van der Waals surface area contributed by atoms with Crippen molar-refractivity contribution in [3.05, 3.63) is 78.4 Å². The van der Waals surface area contributed by atoms with Crippen LogP contribution in [0.2, 0.25) is 0 Å². The Hall–Kier alpha value is -3.89. The summed E-state index contributed by atoms with van der Waals surface area (Å²) in [7, 11) is -3.72. The second kappa shape index (κ2) is 10.3. The van der Waals surface area contributed by atoms with E-state index in [0.717, 1.165) is 52.3 Å². The highest BCUT2D eigenvalue weighted by atomic mass is 32.2. The number of anilines is 1. The number of pyridine rings is 1. The summed E-state index contributed by atoms with van der Waals surface area (Å²) >= 11 is 0. The molecule has 200 valence electrons. The maximum atomic E-state index is 13.8. The lowest BCUT2D eigenvalue weighted by molar-refractivity contribution is 0.433. The zero-order valence-corrected chi connectivity index (χ0v) is 23.0. The van der Waals surface area contributed by atoms with Crippen LogP contribution in [-0.2, 0) is 16.4 Å². The van der Waals surface area contributed by atoms with E-state index in [1.54, 1.807) is 22.6 Å². The second-order valence-corrected chi connectivity index (χ2v) is 11.7. The van der Waals surface area contributed by atoms with Crippen molar-refractivity contribution in [2.24, 2.45) is 0 Å². The van der Waals surface area contributed by atoms with Gasteiger partial charge in [-0.15, -0.1) is 0 Å². The number of hydrogen-bond donors (Lipinski definition) is 0. The number of hydrogen-bond acceptors (Lipinski definition) is 7. The molecule has 4 heterocycles. The lowest BCUT2D eigenvalue weighted by Crippen LogP contribution is -2.35. The van der Waals surface area contributed by atoms with Gasteiger partial charge in [-0.25, -0.2) is 23.1 Å². The van der Waals surface area contributed by atoms with Crippen LogP contribution >= 0.6 is 0 Å². The third-order valence-corrected chi connectivity index (χ3v) is 9.10. The van der Waals surface area contributed by atoms with E-state index in [4.69, 9.17) is 15.1 Å². The van der Waals surface area contributed by atoms with Gasteiger partial charge >= 0.3 is 0 Å². The third kappa shape index (κ3) is 4.63. The van der Waals surface area contributed by atoms with E-state index in [0.29, 0.717) is 38.1 Å². The van der Waals surface area contributed by atoms with Gasteiger partial charge in [0.2, 0.25) is 10.0 Å². The van der Waals surface area contributed by atoms with Crippen molar-refractivity contribution in [2.75, 3.05) is 31.1 Å². The Kier molecular flexibility index (Phi) is 6.74. The highest BCUT2D eigenvalue weighted by Crippen LogP contribution is 2.31. The van der Waals surface area contributed by atoms with E-state index in [-0.39, 0.29) is 4.90 Å². The molecule has 0 saturated carbocycles. The molecule has 0 spiro atoms. The number of benzene rings is 2. The van der Waals surface area contributed by atoms with Gasteiger partial charge in [-0.3, -0.25) is 4.98 Å². The lowest BCUT2D eigenvalue weighted by Gasteiger charge is -2.24. The molecule has 39 heavy (non-hydrogen) atoms. The summed E-state index contributed by atoms with van der Waals surface area (Å²) < 4.78 is 31.1. The Labute approximate surface area is 228 Å². The van der Waals surface area contributed by atoms with Gasteiger partial charge in [0.1, 0.15) is 16.5 Å². The maximum absolute atomic E-state index is 13.8. The van der Waals surface area contributed by atoms with Gasteiger partial charge in [-0.1, -0.05) is 43.3 Å². The van der Waals surface area contributed by atoms with Crippen LogP contribution in [0.3, 0.4) is 0 Å². The lowest BCUT2D eigenvalue weighted by atomic mass is 10.2. The molecule has 6 rings (SSSR count). The fraction of sp³-hybridized carbons (Fsp3) is 0.310. The number of aryl methyl sites for hydroxylation is 2. The first-order valence-electron chi connectivity index (χ1n) is 13.4. The molecule has 1 saturated heterocycles. The first-order chi connectivity index (χ1) is 19.0. The molecule has 10 heteroatoms. The van der Waals surface area contributed by atoms with Crippen LogP contribution in [0, 0.1) is 6.92 Å². The van der Waals surface area contributed by atoms with Crippen LogP contribution < -0.4 is 4.90 Å². The van der Waals surface area contributed by atoms with Gasteiger partial charge in [0.15, 0.2) is 5.65 Å². The summed E-state index contributed by atoms with van der Waals surface area (Å²) in [5, 5.41) is 6.56. The summed E-state index contributed by atoms with van der Waals surface area (Å²) in [5.74, 6) is 1.60. The van der Waals surface area contributed by atoms with Crippen molar-refractivity contribution in [3.63, 3.8) is 0 Å². The fourth-order valence-electron chi connectivity index (χ4n) is 5.29. The normalized spacial score (nSPS) is 15.2. The van der Waals surface area contributed by atoms with Gasteiger partial charge in [-0.2, -0.15) is 9.40 Å². The van der Waals surface area contributed by atoms with Crippen LogP contribution in [0.15, 0.2) is 71.8 Å². The Morgan fingerprint density at radius 2 is 1.72 bits per heavy atom. The summed E-state index contributed by atoms with van der Waals surface area (Å²) in [6, 6.07) is 19.0. The Morgan fingerprint density at radius 1 is 0.897 bits per heavy atom. The minimum absolute atomic E-state index is 0.253. The molecule has 2 aromatic carbocycles. The standard InChI is InChI=1S/C29H31N7O2S/c1-3-10-25-31-28(26-21(2)33-36(29(26)32-25)23-13-5-4-6-14-23)34-17-9-18-35(20-19-34)39(37,38)24-15-7-11-22-12-8-16-30-27(22)24/h4-8,11-16H,3,9-10,17-20H2,1-2H3. The number of para-hydroxylation sites is 2. The number of rotatable bonds is 6. The second-order valence-electron chi connectivity index (χ2n) is 9.82. The minimum atomic E-state index is -3.72. The molecule has 9 nitrogen and oxygen atoms in total. The van der Waals surface area contributed by atoms with E-state index in [1.807, 2.05) is 60.1 Å². The molecular formula is C29H31N7O2S. The largest absolute Gasteiger partial charge is 0.355 e. The molecule has 3 aromatic heterocycles. The van der Waals surface area contributed by atoms with Crippen LogP contribution in [0.1, 0.15) is 31.3 Å². The van der Waals surface area contributed by atoms with Crippen molar-refractivity contribution in [3.8, 4) is 5.69 Å². The highest BCUT2D eigenvalue weighted by molar-refractivity contribution is 7.89. The molecule has 1 fully saturated rings. The van der Waals surface area contributed by atoms with Crippen LogP contribution in [0.25, 0.3) is 27.6 Å². The maximum Gasteiger partial charge on any atom is 0.245 e. The molecule has 1 aliphatic heterocycles. The summed E-state index contributed by atoms with van der Waals surface area (Å²) in [6.45, 7) is 6.09. The fourth-order valence-corrected chi connectivity index (χ4v) is 6.92. The summed E-state index contributed by atoms with van der Waals surface area (Å²) in [5.41, 5.74) is 3.08. The number of nitrogens with zero attached hydrogens (tertiary/aromatic N) is 7. The molecule has 1 aliphatic rings. The predicted molar refractivity (Wildman–Crippen MR) is 153 cm³/mol. The Bertz CT molecular complexity index is 1750. The molecule has 0 radical (unpaired) electrons. The molecule has 5 aromatic rings. The Balaban J connectivity index is 1.37. The predicted octanol–water partition coefficient (Wildman–Crippen LogP) is 4.53. The Morgan fingerprint density at radius 3 is 2.54 bits per heavy atom. The summed E-state index contributed by atoms with van der Waals surface area (Å²) in [4.78, 5) is 16.7. The van der Waals surface area contributed by atoms with Crippen molar-refractivity contribution in [1.82, 2.24) is 29.0 Å². The molecule has 0 unspecified atom stereocenters. The average molecular weight is 542 g/mol. The SMILES string of the molecule is CCCc1nc(N2CCCN(S(=O)(=O)c3cccc4cccnc34)CC2)c2c(C)nn(-c3ccccc3)c2n1. The quantitative estimate of drug-likeness (QED) is 0.312. The van der Waals surface area contributed by atoms with Crippen molar-refractivity contribution < 1.29 is 8.42 Å². The first kappa shape index (κ1) is 25.4. The number of fused-ring (bicyclic) bond motifs is 2. The monoisotopic (exact) mass is 541 g/mol. The molecule has 0 atom stereocenters. The van der Waals surface area contributed by atoms with Gasteiger partial charge in [-0.05, 0) is 44.0 Å². The van der Waals surface area contributed by atoms with Crippen LogP contribution in [-0.4, -0.2) is 63.6 Å². The summed E-state index contributed by atoms with van der Waals surface area (Å²) in [6.07, 6.45) is 3.99. The average Bonchev–Trinajstić information content (AvgIpc) is 3.11.